The van der Waals surface area contributed by atoms with Gasteiger partial charge in [0.15, 0.2) is 5.78 Å². The Morgan fingerprint density at radius 3 is 2.73 bits per heavy atom. The molecule has 2 aromatic rings. The Hall–Kier alpha value is -2.93. The van der Waals surface area contributed by atoms with Gasteiger partial charge >= 0.3 is 11.6 Å². The average Bonchev–Trinajstić information content (AvgIpc) is 3.49. The van der Waals surface area contributed by atoms with Gasteiger partial charge in [0, 0.05) is 21.7 Å². The lowest BCUT2D eigenvalue weighted by atomic mass is 9.99. The van der Waals surface area contributed by atoms with Crippen LogP contribution in [0.5, 0.6) is 5.75 Å². The van der Waals surface area contributed by atoms with Crippen molar-refractivity contribution in [3.63, 3.8) is 0 Å². The maximum atomic E-state index is 12.9. The summed E-state index contributed by atoms with van der Waals surface area (Å²) < 4.78 is 9.95. The van der Waals surface area contributed by atoms with Crippen LogP contribution in [-0.4, -0.2) is 24.0 Å². The molecular weight excluding hydrogens is 440 g/mol. The highest BCUT2D eigenvalue weighted by atomic mass is 32.1. The Morgan fingerprint density at radius 1 is 1.30 bits per heavy atom. The number of ketones is 1. The van der Waals surface area contributed by atoms with E-state index >= 15 is 0 Å². The maximum Gasteiger partial charge on any atom is 0.351 e. The van der Waals surface area contributed by atoms with Crippen molar-refractivity contribution >= 4 is 29.2 Å². The topological polar surface area (TPSA) is 93.8 Å². The van der Waals surface area contributed by atoms with Crippen LogP contribution in [0.4, 0.5) is 0 Å². The van der Waals surface area contributed by atoms with Crippen LogP contribution in [0.1, 0.15) is 77.7 Å². The van der Waals surface area contributed by atoms with Crippen LogP contribution in [0.15, 0.2) is 45.1 Å². The van der Waals surface area contributed by atoms with Crippen molar-refractivity contribution in [2.24, 2.45) is 5.92 Å². The molecule has 0 spiro atoms. The molecule has 1 atom stereocenters. The van der Waals surface area contributed by atoms with Gasteiger partial charge in [-0.15, -0.1) is 11.3 Å². The van der Waals surface area contributed by atoms with Gasteiger partial charge in [-0.25, -0.2) is 4.79 Å². The minimum atomic E-state index is -0.837. The van der Waals surface area contributed by atoms with E-state index in [1.807, 2.05) is 19.1 Å². The highest BCUT2D eigenvalue weighted by Gasteiger charge is 2.23. The number of thiophene rings is 1. The maximum absolute atomic E-state index is 12.9. The Balaban J connectivity index is 1.65. The van der Waals surface area contributed by atoms with Crippen LogP contribution in [0.2, 0.25) is 0 Å². The van der Waals surface area contributed by atoms with E-state index in [0.29, 0.717) is 24.2 Å². The number of hydrogen-bond donors (Lipinski definition) is 1. The van der Waals surface area contributed by atoms with Gasteiger partial charge in [-0.2, -0.15) is 0 Å². The zero-order valence-corrected chi connectivity index (χ0v) is 20.1. The van der Waals surface area contributed by atoms with Gasteiger partial charge in [-0.3, -0.25) is 9.59 Å². The van der Waals surface area contributed by atoms with E-state index in [4.69, 9.17) is 4.42 Å². The number of carbonyl (C=O) groups is 2. The molecule has 7 heteroatoms. The summed E-state index contributed by atoms with van der Waals surface area (Å²) in [6.45, 7) is 3.51. The zero-order valence-electron chi connectivity index (χ0n) is 19.3. The summed E-state index contributed by atoms with van der Waals surface area (Å²) in [6.07, 6.45) is 10.5. The van der Waals surface area contributed by atoms with Gasteiger partial charge in [-0.1, -0.05) is 19.1 Å². The molecule has 0 aliphatic heterocycles. The number of aromatic hydroxyl groups is 1. The predicted octanol–water partition coefficient (Wildman–Crippen LogP) is 5.65. The first-order valence-corrected chi connectivity index (χ1v) is 12.0. The van der Waals surface area contributed by atoms with Crippen molar-refractivity contribution in [3.05, 3.63) is 67.4 Å². The van der Waals surface area contributed by atoms with Crippen molar-refractivity contribution in [1.29, 1.82) is 0 Å². The molecule has 0 radical (unpaired) electrons. The number of Topliss-reactive ketones (excluding diaryl/α,β-unsaturated/α-hetero) is 1. The van der Waals surface area contributed by atoms with Crippen LogP contribution in [0, 0.1) is 5.92 Å². The van der Waals surface area contributed by atoms with Crippen molar-refractivity contribution in [2.45, 2.75) is 58.3 Å². The molecule has 1 fully saturated rings. The molecule has 0 amide bonds. The number of methoxy groups -OCH3 is 1. The predicted molar refractivity (Wildman–Crippen MR) is 129 cm³/mol. The fraction of sp³-hybridized carbons (Fsp3) is 0.423. The Kier molecular flexibility index (Phi) is 8.44. The molecule has 1 saturated carbocycles. The molecule has 0 bridgehead atoms. The van der Waals surface area contributed by atoms with Gasteiger partial charge in [0.1, 0.15) is 17.1 Å². The van der Waals surface area contributed by atoms with E-state index in [1.54, 1.807) is 30.4 Å². The van der Waals surface area contributed by atoms with Crippen LogP contribution in [-0.2, 0) is 16.0 Å². The van der Waals surface area contributed by atoms with E-state index < -0.39 is 11.4 Å². The van der Waals surface area contributed by atoms with Crippen molar-refractivity contribution in [1.82, 2.24) is 0 Å². The van der Waals surface area contributed by atoms with Crippen LogP contribution in [0.3, 0.4) is 0 Å². The first-order valence-electron chi connectivity index (χ1n) is 11.2. The second kappa shape index (κ2) is 11.3. The summed E-state index contributed by atoms with van der Waals surface area (Å²) in [6, 6.07) is 5.41. The molecule has 0 aromatic carbocycles. The molecule has 33 heavy (non-hydrogen) atoms. The SMILES string of the molecule is COC(=O)C/C=C/CCC(C)c1cc(O)c(C(=O)C(C)=Cc2ccc(CC3CC3)s2)c(=O)o1. The summed E-state index contributed by atoms with van der Waals surface area (Å²) >= 11 is 1.65. The van der Waals surface area contributed by atoms with Crippen molar-refractivity contribution in [2.75, 3.05) is 7.11 Å². The van der Waals surface area contributed by atoms with Gasteiger partial charge in [0.25, 0.3) is 0 Å². The molecule has 0 saturated heterocycles. The van der Waals surface area contributed by atoms with Crippen molar-refractivity contribution in [3.8, 4) is 5.75 Å². The lowest BCUT2D eigenvalue weighted by molar-refractivity contribution is -0.139. The number of rotatable bonds is 11. The number of hydrogen-bond acceptors (Lipinski definition) is 7. The molecule has 1 unspecified atom stereocenters. The third kappa shape index (κ3) is 7.02. The molecule has 2 aromatic heterocycles. The van der Waals surface area contributed by atoms with Gasteiger partial charge in [0.05, 0.1) is 13.5 Å². The molecule has 1 N–H and O–H groups in total. The molecule has 3 rings (SSSR count). The van der Waals surface area contributed by atoms with E-state index in [2.05, 4.69) is 10.8 Å². The smallest absolute Gasteiger partial charge is 0.351 e. The Labute approximate surface area is 197 Å². The van der Waals surface area contributed by atoms with Gasteiger partial charge in [-0.05, 0) is 68.7 Å². The second-order valence-electron chi connectivity index (χ2n) is 8.53. The molecule has 2 heterocycles. The van der Waals surface area contributed by atoms with E-state index in [0.717, 1.165) is 17.2 Å². The minimum absolute atomic E-state index is 0.150. The lowest BCUT2D eigenvalue weighted by Crippen LogP contribution is -2.16. The van der Waals surface area contributed by atoms with Gasteiger partial charge < -0.3 is 14.3 Å². The monoisotopic (exact) mass is 470 g/mol. The highest BCUT2D eigenvalue weighted by Crippen LogP contribution is 2.35. The standard InChI is InChI=1S/C26H30O6S/c1-16(7-5-4-6-8-23(28)31-3)22-15-21(27)24(26(30)32-22)25(29)17(2)13-19-11-12-20(33-19)14-18-9-10-18/h4,6,11-13,15-16,18,27H,5,7-10,14H2,1-3H3/b6-4+,17-13?. The molecule has 1 aliphatic rings. The molecule has 176 valence electrons. The molecular formula is C26H30O6S. The highest BCUT2D eigenvalue weighted by molar-refractivity contribution is 7.12. The Bertz CT molecular complexity index is 1120. The first kappa shape index (κ1) is 24.7. The number of esters is 1. The largest absolute Gasteiger partial charge is 0.507 e. The number of ether oxygens (including phenoxy) is 1. The zero-order chi connectivity index (χ0) is 24.0. The van der Waals surface area contributed by atoms with Crippen LogP contribution >= 0.6 is 11.3 Å². The second-order valence-corrected chi connectivity index (χ2v) is 9.73. The van der Waals surface area contributed by atoms with E-state index in [-0.39, 0.29) is 29.6 Å². The van der Waals surface area contributed by atoms with Gasteiger partial charge in [0.2, 0.25) is 0 Å². The molecule has 1 aliphatic carbocycles. The number of allylic oxidation sites excluding steroid dienone is 2. The fourth-order valence-electron chi connectivity index (χ4n) is 3.48. The van der Waals surface area contributed by atoms with Crippen LogP contribution in [0.25, 0.3) is 6.08 Å². The summed E-state index contributed by atoms with van der Waals surface area (Å²) in [5, 5.41) is 10.4. The summed E-state index contributed by atoms with van der Waals surface area (Å²) in [5.41, 5.74) is -0.808. The van der Waals surface area contributed by atoms with Crippen LogP contribution < -0.4 is 5.63 Å². The number of carbonyl (C=O) groups excluding carboxylic acids is 2. The normalized spacial score (nSPS) is 15.1. The molecule has 6 nitrogen and oxygen atoms in total. The fourth-order valence-corrected chi connectivity index (χ4v) is 4.61. The Morgan fingerprint density at radius 2 is 2.06 bits per heavy atom. The lowest BCUT2D eigenvalue weighted by Gasteiger charge is -2.11. The summed E-state index contributed by atoms with van der Waals surface area (Å²) in [7, 11) is 1.34. The quantitative estimate of drug-likeness (QED) is 0.197. The van der Waals surface area contributed by atoms with Crippen molar-refractivity contribution < 1.29 is 23.8 Å². The van der Waals surface area contributed by atoms with E-state index in [1.165, 1.54) is 30.9 Å². The third-order valence-electron chi connectivity index (χ3n) is 5.69. The summed E-state index contributed by atoms with van der Waals surface area (Å²) in [4.78, 5) is 38.8. The third-order valence-corrected chi connectivity index (χ3v) is 6.75. The minimum Gasteiger partial charge on any atom is -0.507 e. The first-order chi connectivity index (χ1) is 15.8. The average molecular weight is 471 g/mol. The van der Waals surface area contributed by atoms with E-state index in [9.17, 15) is 19.5 Å². The summed E-state index contributed by atoms with van der Waals surface area (Å²) in [5.74, 6) is -0.251.